The maximum absolute atomic E-state index is 12.7. The van der Waals surface area contributed by atoms with Gasteiger partial charge in [-0.25, -0.2) is 9.99 Å². The van der Waals surface area contributed by atoms with Gasteiger partial charge in [0.05, 0.1) is 28.8 Å². The summed E-state index contributed by atoms with van der Waals surface area (Å²) < 4.78 is 1.07. The second-order valence-corrected chi connectivity index (χ2v) is 7.40. The number of carbonyl (C=O) groups excluding carboxylic acids is 3. The maximum atomic E-state index is 12.7. The average molecular weight is 385 g/mol. The lowest BCUT2D eigenvalue weighted by Crippen LogP contribution is -2.71. The number of nitrogens with zero attached hydrogens (tertiary/aromatic N) is 5. The Hall–Kier alpha value is -2.78. The fourth-order valence-electron chi connectivity index (χ4n) is 3.62. The predicted molar refractivity (Wildman–Crippen MR) is 100 cm³/mol. The normalized spacial score (nSPS) is 20.9. The van der Waals surface area contributed by atoms with Crippen LogP contribution in [0, 0.1) is 0 Å². The molecule has 2 saturated heterocycles. The first kappa shape index (κ1) is 17.6. The van der Waals surface area contributed by atoms with Crippen molar-refractivity contribution >= 4 is 39.8 Å². The topological polar surface area (TPSA) is 77.1 Å². The van der Waals surface area contributed by atoms with Gasteiger partial charge in [0.25, 0.3) is 0 Å². The number of para-hydroxylation sites is 1. The number of rotatable bonds is 5. The van der Waals surface area contributed by atoms with E-state index in [1.54, 1.807) is 32.8 Å². The first-order valence-corrected chi connectivity index (χ1v) is 9.48. The van der Waals surface area contributed by atoms with Crippen LogP contribution in [0.1, 0.15) is 5.56 Å². The van der Waals surface area contributed by atoms with Gasteiger partial charge in [-0.2, -0.15) is 0 Å². The second kappa shape index (κ2) is 7.09. The van der Waals surface area contributed by atoms with Crippen LogP contribution in [0.4, 0.5) is 0 Å². The molecule has 1 aromatic heterocycles. The summed E-state index contributed by atoms with van der Waals surface area (Å²) in [6.07, 6.45) is 1.85. The van der Waals surface area contributed by atoms with Crippen LogP contribution in [0.3, 0.4) is 0 Å². The maximum Gasteiger partial charge on any atom is 0.242 e. The van der Waals surface area contributed by atoms with E-state index in [-0.39, 0.29) is 31.4 Å². The molecular weight excluding hydrogens is 366 g/mol. The second-order valence-electron chi connectivity index (χ2n) is 6.51. The molecule has 0 radical (unpaired) electrons. The average Bonchev–Trinajstić information content (AvgIpc) is 3.13. The molecule has 9 heteroatoms. The highest BCUT2D eigenvalue weighted by molar-refractivity contribution is 7.16. The van der Waals surface area contributed by atoms with E-state index in [1.807, 2.05) is 18.2 Å². The Morgan fingerprint density at radius 1 is 1.26 bits per heavy atom. The summed E-state index contributed by atoms with van der Waals surface area (Å²) in [5, 5.41) is 3.14. The summed E-state index contributed by atoms with van der Waals surface area (Å²) >= 11 is 1.55. The third-order valence-electron chi connectivity index (χ3n) is 4.92. The van der Waals surface area contributed by atoms with Gasteiger partial charge in [-0.3, -0.25) is 19.4 Å². The Bertz CT molecular complexity index is 913. The molecule has 2 aliphatic rings. The molecule has 2 fully saturated rings. The number of piperazine rings is 1. The Balaban J connectivity index is 1.60. The van der Waals surface area contributed by atoms with E-state index in [0.29, 0.717) is 19.5 Å². The lowest BCUT2D eigenvalue weighted by molar-refractivity contribution is -0.191. The third-order valence-corrected chi connectivity index (χ3v) is 5.72. The zero-order valence-electron chi connectivity index (χ0n) is 14.7. The number of hydrazine groups is 1. The number of carbonyl (C=O) groups is 3. The van der Waals surface area contributed by atoms with Crippen molar-refractivity contribution in [2.24, 2.45) is 0 Å². The van der Waals surface area contributed by atoms with E-state index in [2.05, 4.69) is 11.6 Å². The van der Waals surface area contributed by atoms with Crippen molar-refractivity contribution in [3.05, 3.63) is 41.9 Å². The molecule has 3 amide bonds. The van der Waals surface area contributed by atoms with Crippen LogP contribution >= 0.6 is 11.3 Å². The van der Waals surface area contributed by atoms with Gasteiger partial charge in [-0.1, -0.05) is 18.2 Å². The van der Waals surface area contributed by atoms with Gasteiger partial charge >= 0.3 is 0 Å². The molecule has 0 saturated carbocycles. The van der Waals surface area contributed by atoms with Gasteiger partial charge in [-0.15, -0.1) is 17.9 Å². The van der Waals surface area contributed by atoms with Gasteiger partial charge in [0.2, 0.25) is 18.2 Å². The zero-order chi connectivity index (χ0) is 19.0. The number of hydrogen-bond acceptors (Lipinski definition) is 6. The van der Waals surface area contributed by atoms with Crippen LogP contribution in [0.25, 0.3) is 10.2 Å². The molecule has 0 spiro atoms. The van der Waals surface area contributed by atoms with E-state index in [9.17, 15) is 14.4 Å². The Morgan fingerprint density at radius 2 is 2.11 bits per heavy atom. The highest BCUT2D eigenvalue weighted by Gasteiger charge is 2.43. The molecule has 140 valence electrons. The molecule has 2 aliphatic heterocycles. The number of thiazole rings is 1. The van der Waals surface area contributed by atoms with Gasteiger partial charge in [0, 0.05) is 13.1 Å². The lowest BCUT2D eigenvalue weighted by Gasteiger charge is -2.51. The highest BCUT2D eigenvalue weighted by atomic mass is 32.1. The molecule has 0 aliphatic carbocycles. The van der Waals surface area contributed by atoms with E-state index in [4.69, 9.17) is 0 Å². The van der Waals surface area contributed by atoms with Gasteiger partial charge < -0.3 is 9.80 Å². The first-order chi connectivity index (χ1) is 13.1. The molecule has 1 unspecified atom stereocenters. The van der Waals surface area contributed by atoms with Crippen molar-refractivity contribution < 1.29 is 14.4 Å². The van der Waals surface area contributed by atoms with Gasteiger partial charge in [0.15, 0.2) is 0 Å². The van der Waals surface area contributed by atoms with Crippen molar-refractivity contribution in [3.8, 4) is 0 Å². The molecule has 27 heavy (non-hydrogen) atoms. The van der Waals surface area contributed by atoms with Crippen molar-refractivity contribution in [1.29, 1.82) is 0 Å². The summed E-state index contributed by atoms with van der Waals surface area (Å²) in [5.41, 5.74) is 3.63. The van der Waals surface area contributed by atoms with E-state index in [1.165, 1.54) is 9.91 Å². The van der Waals surface area contributed by atoms with Gasteiger partial charge in [-0.05, 0) is 11.6 Å². The number of amides is 3. The van der Waals surface area contributed by atoms with E-state index in [0.717, 1.165) is 15.8 Å². The SMILES string of the molecule is C=CCN1CC(=O)N2CC(=O)N(Cc3cccc4scnc34)CC2N1C=O. The predicted octanol–water partition coefficient (Wildman–Crippen LogP) is 0.668. The molecule has 1 aromatic carbocycles. The summed E-state index contributed by atoms with van der Waals surface area (Å²) in [5.74, 6) is -0.288. The lowest BCUT2D eigenvalue weighted by atomic mass is 10.1. The zero-order valence-corrected chi connectivity index (χ0v) is 15.5. The fourth-order valence-corrected chi connectivity index (χ4v) is 4.35. The summed E-state index contributed by atoms with van der Waals surface area (Å²) in [7, 11) is 0. The molecule has 2 aromatic rings. The minimum absolute atomic E-state index is 0.0250. The Morgan fingerprint density at radius 3 is 2.89 bits per heavy atom. The smallest absolute Gasteiger partial charge is 0.242 e. The molecule has 0 bridgehead atoms. The van der Waals surface area contributed by atoms with Crippen LogP contribution in [0.5, 0.6) is 0 Å². The van der Waals surface area contributed by atoms with E-state index >= 15 is 0 Å². The van der Waals surface area contributed by atoms with Crippen molar-refractivity contribution in [1.82, 2.24) is 24.8 Å². The molecule has 3 heterocycles. The van der Waals surface area contributed by atoms with Crippen molar-refractivity contribution in [2.75, 3.05) is 26.2 Å². The standard InChI is InChI=1S/C18H19N5O3S/c1-2-6-21-9-17(26)22-10-16(25)20(8-15(22)23(21)12-24)7-13-4-3-5-14-18(13)19-11-27-14/h2-5,11-12,15H,1,6-10H2. The van der Waals surface area contributed by atoms with Crippen LogP contribution in [-0.4, -0.2) is 75.4 Å². The summed E-state index contributed by atoms with van der Waals surface area (Å²) in [6, 6.07) is 5.90. The summed E-state index contributed by atoms with van der Waals surface area (Å²) in [6.45, 7) is 4.76. The number of benzene rings is 1. The Labute approximate surface area is 160 Å². The fraction of sp³-hybridized carbons (Fsp3) is 0.333. The van der Waals surface area contributed by atoms with Crippen LogP contribution in [0.15, 0.2) is 36.4 Å². The van der Waals surface area contributed by atoms with Crippen LogP contribution in [0.2, 0.25) is 0 Å². The molecule has 8 nitrogen and oxygen atoms in total. The first-order valence-electron chi connectivity index (χ1n) is 8.60. The molecule has 0 N–H and O–H groups in total. The van der Waals surface area contributed by atoms with Gasteiger partial charge in [0.1, 0.15) is 12.7 Å². The number of fused-ring (bicyclic) bond motifs is 2. The number of hydrogen-bond donors (Lipinski definition) is 0. The Kier molecular flexibility index (Phi) is 4.63. The van der Waals surface area contributed by atoms with Crippen LogP contribution in [-0.2, 0) is 20.9 Å². The molecule has 4 rings (SSSR count). The quantitative estimate of drug-likeness (QED) is 0.559. The van der Waals surface area contributed by atoms with E-state index < -0.39 is 6.17 Å². The third kappa shape index (κ3) is 3.08. The van der Waals surface area contributed by atoms with Crippen LogP contribution < -0.4 is 0 Å². The minimum Gasteiger partial charge on any atom is -0.333 e. The molecular formula is C18H19N5O3S. The van der Waals surface area contributed by atoms with Crippen molar-refractivity contribution in [3.63, 3.8) is 0 Å². The molecule has 1 atom stereocenters. The summed E-state index contributed by atoms with van der Waals surface area (Å²) in [4.78, 5) is 44.4. The number of aromatic nitrogens is 1. The largest absolute Gasteiger partial charge is 0.333 e. The monoisotopic (exact) mass is 385 g/mol. The van der Waals surface area contributed by atoms with Crippen molar-refractivity contribution in [2.45, 2.75) is 12.7 Å². The minimum atomic E-state index is -0.504. The highest BCUT2D eigenvalue weighted by Crippen LogP contribution is 2.25.